The van der Waals surface area contributed by atoms with E-state index in [4.69, 9.17) is 14.2 Å². The molecule has 1 atom stereocenters. The second-order valence-electron chi connectivity index (χ2n) is 4.45. The SMILES string of the molecule is CCCOCC(Cc1ccc(OC)c(OC)c1)NC. The molecular formula is C15H25NO3. The predicted octanol–water partition coefficient (Wildman–Crippen LogP) is 2.26. The summed E-state index contributed by atoms with van der Waals surface area (Å²) in [4.78, 5) is 0. The molecule has 108 valence electrons. The Morgan fingerprint density at radius 2 is 1.89 bits per heavy atom. The van der Waals surface area contributed by atoms with Crippen LogP contribution in [0.5, 0.6) is 11.5 Å². The second-order valence-corrected chi connectivity index (χ2v) is 4.45. The van der Waals surface area contributed by atoms with Gasteiger partial charge in [0, 0.05) is 12.6 Å². The van der Waals surface area contributed by atoms with Crippen molar-refractivity contribution >= 4 is 0 Å². The molecule has 4 heteroatoms. The van der Waals surface area contributed by atoms with Gasteiger partial charge >= 0.3 is 0 Å². The topological polar surface area (TPSA) is 39.7 Å². The van der Waals surface area contributed by atoms with Gasteiger partial charge in [-0.2, -0.15) is 0 Å². The van der Waals surface area contributed by atoms with Crippen molar-refractivity contribution in [1.29, 1.82) is 0 Å². The van der Waals surface area contributed by atoms with Crippen LogP contribution >= 0.6 is 0 Å². The molecule has 1 rings (SSSR count). The maximum Gasteiger partial charge on any atom is 0.160 e. The summed E-state index contributed by atoms with van der Waals surface area (Å²) >= 11 is 0. The molecule has 1 aromatic rings. The van der Waals surface area contributed by atoms with Crippen LogP contribution in [0.2, 0.25) is 0 Å². The zero-order valence-electron chi connectivity index (χ0n) is 12.4. The molecule has 0 spiro atoms. The number of hydrogen-bond donors (Lipinski definition) is 1. The van der Waals surface area contributed by atoms with Crippen LogP contribution in [-0.4, -0.2) is 40.5 Å². The Labute approximate surface area is 116 Å². The van der Waals surface area contributed by atoms with Crippen molar-refractivity contribution in [3.63, 3.8) is 0 Å². The highest BCUT2D eigenvalue weighted by Gasteiger charge is 2.10. The maximum absolute atomic E-state index is 5.59. The van der Waals surface area contributed by atoms with E-state index in [9.17, 15) is 0 Å². The van der Waals surface area contributed by atoms with Crippen LogP contribution < -0.4 is 14.8 Å². The van der Waals surface area contributed by atoms with Crippen LogP contribution in [0.4, 0.5) is 0 Å². The molecule has 0 bridgehead atoms. The quantitative estimate of drug-likeness (QED) is 0.697. The van der Waals surface area contributed by atoms with Gasteiger partial charge in [-0.1, -0.05) is 13.0 Å². The Bertz CT molecular complexity index is 368. The van der Waals surface area contributed by atoms with Gasteiger partial charge in [0.15, 0.2) is 11.5 Å². The minimum atomic E-state index is 0.310. The molecule has 4 nitrogen and oxygen atoms in total. The van der Waals surface area contributed by atoms with E-state index >= 15 is 0 Å². The molecule has 0 heterocycles. The van der Waals surface area contributed by atoms with Crippen LogP contribution in [0.15, 0.2) is 18.2 Å². The molecular weight excluding hydrogens is 242 g/mol. The third-order valence-electron chi connectivity index (χ3n) is 3.01. The fourth-order valence-electron chi connectivity index (χ4n) is 1.91. The number of hydrogen-bond acceptors (Lipinski definition) is 4. The number of rotatable bonds is 9. The number of ether oxygens (including phenoxy) is 3. The van der Waals surface area contributed by atoms with Gasteiger partial charge in [0.25, 0.3) is 0 Å². The number of methoxy groups -OCH3 is 2. The molecule has 0 saturated heterocycles. The molecule has 0 aliphatic rings. The highest BCUT2D eigenvalue weighted by atomic mass is 16.5. The summed E-state index contributed by atoms with van der Waals surface area (Å²) < 4.78 is 16.1. The van der Waals surface area contributed by atoms with E-state index in [-0.39, 0.29) is 0 Å². The molecule has 0 fully saturated rings. The summed E-state index contributed by atoms with van der Waals surface area (Å²) in [6.45, 7) is 3.64. The van der Waals surface area contributed by atoms with Crippen molar-refractivity contribution in [1.82, 2.24) is 5.32 Å². The Balaban J connectivity index is 2.63. The first-order valence-corrected chi connectivity index (χ1v) is 6.71. The van der Waals surface area contributed by atoms with E-state index in [1.54, 1.807) is 14.2 Å². The fraction of sp³-hybridized carbons (Fsp3) is 0.600. The first-order valence-electron chi connectivity index (χ1n) is 6.71. The van der Waals surface area contributed by atoms with E-state index < -0.39 is 0 Å². The van der Waals surface area contributed by atoms with Gasteiger partial charge in [0.2, 0.25) is 0 Å². The smallest absolute Gasteiger partial charge is 0.160 e. The van der Waals surface area contributed by atoms with E-state index in [0.717, 1.165) is 37.6 Å². The van der Waals surface area contributed by atoms with E-state index in [0.29, 0.717) is 6.04 Å². The average Bonchev–Trinajstić information content (AvgIpc) is 2.46. The largest absolute Gasteiger partial charge is 0.493 e. The summed E-state index contributed by atoms with van der Waals surface area (Å²) in [6.07, 6.45) is 1.95. The predicted molar refractivity (Wildman–Crippen MR) is 77.2 cm³/mol. The highest BCUT2D eigenvalue weighted by Crippen LogP contribution is 2.27. The summed E-state index contributed by atoms with van der Waals surface area (Å²) in [5, 5.41) is 3.28. The van der Waals surface area contributed by atoms with Gasteiger partial charge < -0.3 is 19.5 Å². The first kappa shape index (κ1) is 15.8. The lowest BCUT2D eigenvalue weighted by Gasteiger charge is -2.17. The molecule has 19 heavy (non-hydrogen) atoms. The standard InChI is InChI=1S/C15H25NO3/c1-5-8-19-11-13(16-2)9-12-6-7-14(17-3)15(10-12)18-4/h6-7,10,13,16H,5,8-9,11H2,1-4H3. The van der Waals surface area contributed by atoms with E-state index in [2.05, 4.69) is 18.3 Å². The summed E-state index contributed by atoms with van der Waals surface area (Å²) in [5.74, 6) is 1.53. The van der Waals surface area contributed by atoms with Gasteiger partial charge in [-0.15, -0.1) is 0 Å². The molecule has 0 amide bonds. The van der Waals surface area contributed by atoms with Crippen molar-refractivity contribution in [3.05, 3.63) is 23.8 Å². The lowest BCUT2D eigenvalue weighted by molar-refractivity contribution is 0.114. The van der Waals surface area contributed by atoms with Crippen molar-refractivity contribution in [2.24, 2.45) is 0 Å². The third-order valence-corrected chi connectivity index (χ3v) is 3.01. The highest BCUT2D eigenvalue weighted by molar-refractivity contribution is 5.43. The average molecular weight is 267 g/mol. The third kappa shape index (κ3) is 5.09. The van der Waals surface area contributed by atoms with Crippen molar-refractivity contribution in [2.75, 3.05) is 34.5 Å². The van der Waals surface area contributed by atoms with Gasteiger partial charge in [-0.05, 0) is 37.6 Å². The summed E-state index contributed by atoms with van der Waals surface area (Å²) in [5.41, 5.74) is 1.21. The zero-order valence-corrected chi connectivity index (χ0v) is 12.4. The number of likely N-dealkylation sites (N-methyl/N-ethyl adjacent to an activating group) is 1. The molecule has 1 aromatic carbocycles. The van der Waals surface area contributed by atoms with Gasteiger partial charge in [0.1, 0.15) is 0 Å². The molecule has 0 aliphatic carbocycles. The van der Waals surface area contributed by atoms with E-state index in [1.807, 2.05) is 19.2 Å². The van der Waals surface area contributed by atoms with Gasteiger partial charge in [0.05, 0.1) is 20.8 Å². The first-order chi connectivity index (χ1) is 9.24. The van der Waals surface area contributed by atoms with Crippen LogP contribution in [0, 0.1) is 0 Å². The molecule has 0 aromatic heterocycles. The Morgan fingerprint density at radius 1 is 1.16 bits per heavy atom. The molecule has 0 aliphatic heterocycles. The van der Waals surface area contributed by atoms with Crippen molar-refractivity contribution < 1.29 is 14.2 Å². The number of nitrogens with one attached hydrogen (secondary N) is 1. The van der Waals surface area contributed by atoms with Crippen molar-refractivity contribution in [3.8, 4) is 11.5 Å². The minimum absolute atomic E-state index is 0.310. The second kappa shape index (κ2) is 8.77. The van der Waals surface area contributed by atoms with Crippen LogP contribution in [0.25, 0.3) is 0 Å². The maximum atomic E-state index is 5.59. The normalized spacial score (nSPS) is 12.2. The number of benzene rings is 1. The van der Waals surface area contributed by atoms with Crippen LogP contribution in [0.1, 0.15) is 18.9 Å². The Morgan fingerprint density at radius 3 is 2.47 bits per heavy atom. The lowest BCUT2D eigenvalue weighted by Crippen LogP contribution is -2.32. The van der Waals surface area contributed by atoms with Gasteiger partial charge in [-0.25, -0.2) is 0 Å². The Kier molecular flexibility index (Phi) is 7.30. The monoisotopic (exact) mass is 267 g/mol. The Hall–Kier alpha value is -1.26. The zero-order chi connectivity index (χ0) is 14.1. The summed E-state index contributed by atoms with van der Waals surface area (Å²) in [6, 6.07) is 6.33. The molecule has 0 saturated carbocycles. The minimum Gasteiger partial charge on any atom is -0.493 e. The summed E-state index contributed by atoms with van der Waals surface area (Å²) in [7, 11) is 5.26. The molecule has 1 N–H and O–H groups in total. The molecule has 0 radical (unpaired) electrons. The fourth-order valence-corrected chi connectivity index (χ4v) is 1.91. The van der Waals surface area contributed by atoms with Crippen LogP contribution in [-0.2, 0) is 11.2 Å². The van der Waals surface area contributed by atoms with Crippen LogP contribution in [0.3, 0.4) is 0 Å². The van der Waals surface area contributed by atoms with E-state index in [1.165, 1.54) is 5.56 Å². The lowest BCUT2D eigenvalue weighted by atomic mass is 10.1. The van der Waals surface area contributed by atoms with Gasteiger partial charge in [-0.3, -0.25) is 0 Å². The van der Waals surface area contributed by atoms with Crippen molar-refractivity contribution in [2.45, 2.75) is 25.8 Å². The molecule has 1 unspecified atom stereocenters.